The summed E-state index contributed by atoms with van der Waals surface area (Å²) < 4.78 is 1.81. The number of nitrogens with zero attached hydrogens (tertiary/aromatic N) is 3. The third-order valence-corrected chi connectivity index (χ3v) is 6.31. The first-order valence-electron chi connectivity index (χ1n) is 10.1. The van der Waals surface area contributed by atoms with Crippen LogP contribution in [0, 0.1) is 0 Å². The normalized spacial score (nSPS) is 14.1. The second kappa shape index (κ2) is 5.86. The molecule has 0 atom stereocenters. The summed E-state index contributed by atoms with van der Waals surface area (Å²) >= 11 is 0. The lowest BCUT2D eigenvalue weighted by molar-refractivity contribution is 0.0959. The van der Waals surface area contributed by atoms with Crippen LogP contribution in [0.4, 0.5) is 0 Å². The van der Waals surface area contributed by atoms with E-state index in [1.807, 2.05) is 22.8 Å². The highest BCUT2D eigenvalue weighted by molar-refractivity contribution is 6.18. The van der Waals surface area contributed by atoms with Crippen LogP contribution in [0.2, 0.25) is 0 Å². The number of carbonyl (C=O) groups excluding carboxylic acids is 1. The molecule has 0 N–H and O–H groups in total. The summed E-state index contributed by atoms with van der Waals surface area (Å²) in [6, 6.07) is 22.6. The Morgan fingerprint density at radius 1 is 0.800 bits per heavy atom. The van der Waals surface area contributed by atoms with Crippen molar-refractivity contribution in [3.8, 4) is 11.1 Å². The third kappa shape index (κ3) is 2.08. The molecule has 1 aliphatic rings. The van der Waals surface area contributed by atoms with Crippen molar-refractivity contribution in [1.29, 1.82) is 0 Å². The van der Waals surface area contributed by atoms with Gasteiger partial charge < -0.3 is 0 Å². The van der Waals surface area contributed by atoms with Crippen LogP contribution in [0.25, 0.3) is 32.9 Å². The molecule has 0 saturated carbocycles. The maximum Gasteiger partial charge on any atom is 0.300 e. The van der Waals surface area contributed by atoms with E-state index < -0.39 is 0 Å². The smallest absolute Gasteiger partial charge is 0.273 e. The molecule has 4 nitrogen and oxygen atoms in total. The van der Waals surface area contributed by atoms with Gasteiger partial charge in [0.2, 0.25) is 5.82 Å². The second-order valence-corrected chi connectivity index (χ2v) is 8.28. The molecule has 0 aliphatic heterocycles. The molecular weight excluding hydrogens is 370 g/mol. The van der Waals surface area contributed by atoms with Gasteiger partial charge in [-0.1, -0.05) is 68.4 Å². The van der Waals surface area contributed by atoms with Crippen molar-refractivity contribution >= 4 is 27.7 Å². The quantitative estimate of drug-likeness (QED) is 0.376. The Morgan fingerprint density at radius 2 is 1.53 bits per heavy atom. The molecule has 0 unspecified atom stereocenters. The van der Waals surface area contributed by atoms with Gasteiger partial charge >= 0.3 is 5.91 Å². The highest BCUT2D eigenvalue weighted by Gasteiger charge is 2.38. The lowest BCUT2D eigenvalue weighted by atomic mass is 9.81. The maximum absolute atomic E-state index is 13.7. The van der Waals surface area contributed by atoms with Crippen LogP contribution in [0.15, 0.2) is 79.1 Å². The minimum absolute atomic E-state index is 0.200. The molecule has 2 heterocycles. The van der Waals surface area contributed by atoms with E-state index >= 15 is 0 Å². The zero-order chi connectivity index (χ0) is 20.5. The molecule has 0 radical (unpaired) electrons. The largest absolute Gasteiger partial charge is 0.300 e. The van der Waals surface area contributed by atoms with Gasteiger partial charge in [0, 0.05) is 28.6 Å². The first kappa shape index (κ1) is 17.1. The summed E-state index contributed by atoms with van der Waals surface area (Å²) in [6.07, 6.45) is 3.22. The molecule has 4 heteroatoms. The van der Waals surface area contributed by atoms with Crippen molar-refractivity contribution in [3.05, 3.63) is 96.1 Å². The van der Waals surface area contributed by atoms with Crippen molar-refractivity contribution in [1.82, 2.24) is 14.5 Å². The third-order valence-electron chi connectivity index (χ3n) is 6.31. The number of rotatable bonds is 1. The highest BCUT2D eigenvalue weighted by atomic mass is 16.2. The number of benzene rings is 3. The van der Waals surface area contributed by atoms with Gasteiger partial charge in [-0.2, -0.15) is 0 Å². The van der Waals surface area contributed by atoms with E-state index in [9.17, 15) is 4.79 Å². The van der Waals surface area contributed by atoms with Crippen molar-refractivity contribution in [3.63, 3.8) is 0 Å². The van der Waals surface area contributed by atoms with Gasteiger partial charge in [-0.05, 0) is 34.4 Å². The monoisotopic (exact) mass is 389 g/mol. The van der Waals surface area contributed by atoms with Crippen molar-refractivity contribution in [2.24, 2.45) is 0 Å². The van der Waals surface area contributed by atoms with E-state index in [2.05, 4.69) is 66.3 Å². The average Bonchev–Trinajstić information content (AvgIpc) is 3.24. The molecule has 6 rings (SSSR count). The molecule has 144 valence electrons. The number of para-hydroxylation sites is 1. The van der Waals surface area contributed by atoms with Crippen molar-refractivity contribution in [2.45, 2.75) is 19.3 Å². The Balaban J connectivity index is 1.80. The molecule has 30 heavy (non-hydrogen) atoms. The minimum atomic E-state index is -0.227. The maximum atomic E-state index is 13.7. The van der Waals surface area contributed by atoms with E-state index in [-0.39, 0.29) is 17.1 Å². The lowest BCUT2D eigenvalue weighted by Gasteiger charge is -2.23. The van der Waals surface area contributed by atoms with Crippen LogP contribution >= 0.6 is 0 Å². The number of hydrogen-bond donors (Lipinski definition) is 0. The molecule has 3 aromatic carbocycles. The predicted octanol–water partition coefficient (Wildman–Crippen LogP) is 5.58. The van der Waals surface area contributed by atoms with Crippen LogP contribution in [-0.4, -0.2) is 20.4 Å². The predicted molar refractivity (Wildman–Crippen MR) is 119 cm³/mol. The van der Waals surface area contributed by atoms with E-state index in [0.717, 1.165) is 21.8 Å². The van der Waals surface area contributed by atoms with Gasteiger partial charge in [0.15, 0.2) is 0 Å². The Morgan fingerprint density at radius 3 is 2.37 bits per heavy atom. The highest BCUT2D eigenvalue weighted by Crippen LogP contribution is 2.52. The number of hydrogen-bond acceptors (Lipinski definition) is 3. The second-order valence-electron chi connectivity index (χ2n) is 8.28. The summed E-state index contributed by atoms with van der Waals surface area (Å²) in [6.45, 7) is 4.48. The minimum Gasteiger partial charge on any atom is -0.273 e. The first-order chi connectivity index (χ1) is 14.6. The van der Waals surface area contributed by atoms with Crippen LogP contribution < -0.4 is 0 Å². The van der Waals surface area contributed by atoms with Crippen LogP contribution in [-0.2, 0) is 5.41 Å². The summed E-state index contributed by atoms with van der Waals surface area (Å²) in [5, 5.41) is 2.14. The Hall–Kier alpha value is -3.79. The lowest BCUT2D eigenvalue weighted by Crippen LogP contribution is -2.20. The Kier molecular flexibility index (Phi) is 3.34. The van der Waals surface area contributed by atoms with E-state index in [0.29, 0.717) is 0 Å². The van der Waals surface area contributed by atoms with Crippen molar-refractivity contribution < 1.29 is 4.79 Å². The van der Waals surface area contributed by atoms with Gasteiger partial charge in [-0.15, -0.1) is 0 Å². The molecule has 2 aromatic heterocycles. The fourth-order valence-electron chi connectivity index (χ4n) is 5.03. The van der Waals surface area contributed by atoms with E-state index in [1.54, 1.807) is 18.5 Å². The van der Waals surface area contributed by atoms with E-state index in [1.165, 1.54) is 22.3 Å². The molecule has 0 fully saturated rings. The summed E-state index contributed by atoms with van der Waals surface area (Å²) in [5.74, 6) is -0.00645. The van der Waals surface area contributed by atoms with Crippen molar-refractivity contribution in [2.75, 3.05) is 0 Å². The van der Waals surface area contributed by atoms with Gasteiger partial charge in [-0.3, -0.25) is 9.36 Å². The molecular formula is C26H19N3O. The van der Waals surface area contributed by atoms with Gasteiger partial charge in [0.05, 0.1) is 11.0 Å². The number of aromatic nitrogens is 3. The SMILES string of the molecule is CC1(C)c2ccccc2-c2ccc3c4ccccc4n(C(=O)c4ncccn4)c3c21. The molecule has 5 aromatic rings. The number of carbonyl (C=O) groups is 1. The zero-order valence-corrected chi connectivity index (χ0v) is 16.8. The topological polar surface area (TPSA) is 47.8 Å². The zero-order valence-electron chi connectivity index (χ0n) is 16.8. The van der Waals surface area contributed by atoms with E-state index in [4.69, 9.17) is 0 Å². The summed E-state index contributed by atoms with van der Waals surface area (Å²) in [4.78, 5) is 22.1. The van der Waals surface area contributed by atoms with Crippen LogP contribution in [0.5, 0.6) is 0 Å². The number of fused-ring (bicyclic) bond motifs is 7. The van der Waals surface area contributed by atoms with Crippen LogP contribution in [0.3, 0.4) is 0 Å². The fourth-order valence-corrected chi connectivity index (χ4v) is 5.03. The van der Waals surface area contributed by atoms with Gasteiger partial charge in [-0.25, -0.2) is 9.97 Å². The average molecular weight is 389 g/mol. The Labute approximate surface area is 173 Å². The molecule has 0 saturated heterocycles. The summed E-state index contributed by atoms with van der Waals surface area (Å²) in [5.41, 5.74) is 6.50. The Bertz CT molecular complexity index is 1480. The molecule has 0 spiro atoms. The molecule has 0 bridgehead atoms. The van der Waals surface area contributed by atoms with Gasteiger partial charge in [0.1, 0.15) is 0 Å². The van der Waals surface area contributed by atoms with Crippen LogP contribution in [0.1, 0.15) is 35.6 Å². The molecule has 0 amide bonds. The first-order valence-corrected chi connectivity index (χ1v) is 10.1. The fraction of sp³-hybridized carbons (Fsp3) is 0.115. The summed E-state index contributed by atoms with van der Waals surface area (Å²) in [7, 11) is 0. The molecule has 1 aliphatic carbocycles. The standard InChI is InChI=1S/C26H19N3O/c1-26(2)20-10-5-3-8-16(20)18-12-13-19-17-9-4-6-11-21(17)29(23(19)22(18)26)25(30)24-27-14-7-15-28-24/h3-15H,1-2H3. The van der Waals surface area contributed by atoms with Gasteiger partial charge in [0.25, 0.3) is 0 Å².